The zero-order valence-corrected chi connectivity index (χ0v) is 11.7. The molecule has 0 aliphatic carbocycles. The van der Waals surface area contributed by atoms with Gasteiger partial charge in [-0.3, -0.25) is 10.1 Å². The van der Waals surface area contributed by atoms with Crippen LogP contribution in [0.5, 0.6) is 0 Å². The Balaban J connectivity index is 0.00000121. The summed E-state index contributed by atoms with van der Waals surface area (Å²) in [6, 6.07) is 1.57. The van der Waals surface area contributed by atoms with Crippen LogP contribution in [-0.2, 0) is 0 Å². The van der Waals surface area contributed by atoms with Gasteiger partial charge in [0.25, 0.3) is 0 Å². The van der Waals surface area contributed by atoms with E-state index in [4.69, 9.17) is 0 Å². The first-order chi connectivity index (χ1) is 7.91. The highest BCUT2D eigenvalue weighted by atomic mass is 79.9. The van der Waals surface area contributed by atoms with Gasteiger partial charge in [-0.15, -0.1) is 13.2 Å². The van der Waals surface area contributed by atoms with Crippen molar-refractivity contribution in [3.05, 3.63) is 39.5 Å². The van der Waals surface area contributed by atoms with E-state index in [1.165, 1.54) is 6.07 Å². The van der Waals surface area contributed by atoms with Gasteiger partial charge in [-0.05, 0) is 36.7 Å². The fourth-order valence-corrected chi connectivity index (χ4v) is 1.40. The van der Waals surface area contributed by atoms with E-state index in [1.807, 2.05) is 13.8 Å². The molecule has 6 heteroatoms. The molecule has 0 spiro atoms. The highest BCUT2D eigenvalue weighted by Gasteiger charge is 2.18. The minimum atomic E-state index is -0.443. The second-order valence-electron chi connectivity index (χ2n) is 3.48. The molecule has 94 valence electrons. The van der Waals surface area contributed by atoms with Crippen molar-refractivity contribution in [3.8, 4) is 0 Å². The highest BCUT2D eigenvalue weighted by molar-refractivity contribution is 9.10. The fraction of sp³-hybridized carbons (Fsp3) is 0.364. The van der Waals surface area contributed by atoms with Gasteiger partial charge in [0.05, 0.1) is 10.6 Å². The second-order valence-corrected chi connectivity index (χ2v) is 4.33. The normalized spacial score (nSPS) is 9.47. The maximum atomic E-state index is 10.8. The minimum Gasteiger partial charge on any atom is -0.362 e. The predicted molar refractivity (Wildman–Crippen MR) is 73.3 cm³/mol. The quantitative estimate of drug-likeness (QED) is 0.525. The monoisotopic (exact) mass is 301 g/mol. The van der Waals surface area contributed by atoms with Crippen molar-refractivity contribution >= 4 is 27.4 Å². The van der Waals surface area contributed by atoms with Crippen molar-refractivity contribution in [1.29, 1.82) is 0 Å². The van der Waals surface area contributed by atoms with Crippen LogP contribution in [0.15, 0.2) is 23.7 Å². The molecular weight excluding hydrogens is 286 g/mol. The van der Waals surface area contributed by atoms with E-state index in [0.717, 1.165) is 5.69 Å². The van der Waals surface area contributed by atoms with Gasteiger partial charge in [0.15, 0.2) is 0 Å². The van der Waals surface area contributed by atoms with Crippen molar-refractivity contribution in [2.75, 3.05) is 5.32 Å². The number of pyridine rings is 1. The molecule has 1 N–H and O–H groups in total. The Morgan fingerprint density at radius 3 is 2.47 bits per heavy atom. The Labute approximate surface area is 109 Å². The summed E-state index contributed by atoms with van der Waals surface area (Å²) < 4.78 is 0.642. The van der Waals surface area contributed by atoms with Crippen LogP contribution < -0.4 is 5.32 Å². The molecule has 0 radical (unpaired) electrons. The maximum absolute atomic E-state index is 10.8. The number of anilines is 1. The number of hydrogen-bond acceptors (Lipinski definition) is 4. The molecular formula is C11H16BrN3O2. The average Bonchev–Trinajstić information content (AvgIpc) is 2.25. The molecule has 0 fully saturated rings. The number of hydrogen-bond donors (Lipinski definition) is 1. The third-order valence-electron chi connectivity index (χ3n) is 1.75. The summed E-state index contributed by atoms with van der Waals surface area (Å²) in [5, 5.41) is 13.7. The molecule has 0 aromatic carbocycles. The lowest BCUT2D eigenvalue weighted by Gasteiger charge is -2.10. The summed E-state index contributed by atoms with van der Waals surface area (Å²) in [6.07, 6.45) is 0. The molecule has 0 bridgehead atoms. The first kappa shape index (κ1) is 15.6. The largest absolute Gasteiger partial charge is 0.362 e. The molecule has 1 aromatic rings. The highest BCUT2D eigenvalue weighted by Crippen LogP contribution is 2.28. The third-order valence-corrected chi connectivity index (χ3v) is 2.56. The van der Waals surface area contributed by atoms with Crippen LogP contribution in [0.25, 0.3) is 0 Å². The van der Waals surface area contributed by atoms with Gasteiger partial charge < -0.3 is 5.32 Å². The molecule has 1 aromatic heterocycles. The SMILES string of the molecule is C=C.Cc1nc(NC(C)C)c([N+](=O)[O-])cc1Br. The van der Waals surface area contributed by atoms with Crippen LogP contribution in [0, 0.1) is 17.0 Å². The van der Waals surface area contributed by atoms with Gasteiger partial charge in [0.2, 0.25) is 5.82 Å². The molecule has 0 unspecified atom stereocenters. The third kappa shape index (κ3) is 4.52. The molecule has 0 atom stereocenters. The van der Waals surface area contributed by atoms with Crippen molar-refractivity contribution < 1.29 is 4.92 Å². The van der Waals surface area contributed by atoms with Crippen LogP contribution in [0.3, 0.4) is 0 Å². The Bertz CT molecular complexity index is 408. The van der Waals surface area contributed by atoms with Gasteiger partial charge in [-0.1, -0.05) is 0 Å². The molecule has 0 saturated carbocycles. The van der Waals surface area contributed by atoms with Crippen LogP contribution in [-0.4, -0.2) is 15.9 Å². The van der Waals surface area contributed by atoms with Gasteiger partial charge in [-0.25, -0.2) is 4.98 Å². The summed E-state index contributed by atoms with van der Waals surface area (Å²) >= 11 is 3.22. The number of nitrogens with one attached hydrogen (secondary N) is 1. The van der Waals surface area contributed by atoms with Crippen molar-refractivity contribution in [1.82, 2.24) is 4.98 Å². The molecule has 1 heterocycles. The van der Waals surface area contributed by atoms with E-state index >= 15 is 0 Å². The number of aryl methyl sites for hydroxylation is 1. The Kier molecular flexibility index (Phi) is 6.42. The lowest BCUT2D eigenvalue weighted by Crippen LogP contribution is -2.13. The predicted octanol–water partition coefficient (Wildman–Crippen LogP) is 3.68. The number of aromatic nitrogens is 1. The lowest BCUT2D eigenvalue weighted by atomic mass is 10.3. The van der Waals surface area contributed by atoms with E-state index in [-0.39, 0.29) is 11.7 Å². The van der Waals surface area contributed by atoms with Gasteiger partial charge in [0, 0.05) is 16.6 Å². The lowest BCUT2D eigenvalue weighted by molar-refractivity contribution is -0.384. The van der Waals surface area contributed by atoms with Gasteiger partial charge in [0.1, 0.15) is 0 Å². The summed E-state index contributed by atoms with van der Waals surface area (Å²) in [5.41, 5.74) is 0.713. The van der Waals surface area contributed by atoms with Gasteiger partial charge >= 0.3 is 5.69 Å². The standard InChI is InChI=1S/C9H12BrN3O2.C2H4/c1-5(2)11-9-8(13(14)15)4-7(10)6(3)12-9;1-2/h4-5H,1-3H3,(H,11,12);1-2H2. The molecule has 5 nitrogen and oxygen atoms in total. The number of nitro groups is 1. The molecule has 1 rings (SSSR count). The van der Waals surface area contributed by atoms with E-state index in [2.05, 4.69) is 39.4 Å². The Hall–Kier alpha value is -1.43. The average molecular weight is 302 g/mol. The van der Waals surface area contributed by atoms with Crippen LogP contribution in [0.2, 0.25) is 0 Å². The fourth-order valence-electron chi connectivity index (χ4n) is 1.09. The molecule has 0 aliphatic heterocycles. The maximum Gasteiger partial charge on any atom is 0.312 e. The van der Waals surface area contributed by atoms with Crippen molar-refractivity contribution in [3.63, 3.8) is 0 Å². The van der Waals surface area contributed by atoms with Gasteiger partial charge in [-0.2, -0.15) is 0 Å². The number of rotatable bonds is 3. The summed E-state index contributed by atoms with van der Waals surface area (Å²) in [6.45, 7) is 11.6. The first-order valence-electron chi connectivity index (χ1n) is 5.00. The zero-order valence-electron chi connectivity index (χ0n) is 10.2. The topological polar surface area (TPSA) is 68.1 Å². The summed E-state index contributed by atoms with van der Waals surface area (Å²) in [7, 11) is 0. The Morgan fingerprint density at radius 2 is 2.06 bits per heavy atom. The van der Waals surface area contributed by atoms with Crippen LogP contribution >= 0.6 is 15.9 Å². The van der Waals surface area contributed by atoms with Crippen LogP contribution in [0.1, 0.15) is 19.5 Å². The number of nitrogens with zero attached hydrogens (tertiary/aromatic N) is 2. The molecule has 0 amide bonds. The van der Waals surface area contributed by atoms with E-state index in [9.17, 15) is 10.1 Å². The Morgan fingerprint density at radius 1 is 1.53 bits per heavy atom. The first-order valence-corrected chi connectivity index (χ1v) is 5.79. The minimum absolute atomic E-state index is 0.0128. The zero-order chi connectivity index (χ0) is 13.6. The second kappa shape index (κ2) is 7.01. The molecule has 17 heavy (non-hydrogen) atoms. The van der Waals surface area contributed by atoms with Crippen molar-refractivity contribution in [2.24, 2.45) is 0 Å². The van der Waals surface area contributed by atoms with E-state index in [0.29, 0.717) is 10.3 Å². The summed E-state index contributed by atoms with van der Waals surface area (Å²) in [4.78, 5) is 14.5. The molecule has 0 saturated heterocycles. The molecule has 0 aliphatic rings. The summed E-state index contributed by atoms with van der Waals surface area (Å²) in [5.74, 6) is 0.315. The number of halogens is 1. The van der Waals surface area contributed by atoms with E-state index in [1.54, 1.807) is 6.92 Å². The van der Waals surface area contributed by atoms with Crippen LogP contribution in [0.4, 0.5) is 11.5 Å². The van der Waals surface area contributed by atoms with Crippen molar-refractivity contribution in [2.45, 2.75) is 26.8 Å². The smallest absolute Gasteiger partial charge is 0.312 e. The van der Waals surface area contributed by atoms with E-state index < -0.39 is 4.92 Å².